The van der Waals surface area contributed by atoms with Crippen LogP contribution in [0.25, 0.3) is 0 Å². The van der Waals surface area contributed by atoms with E-state index in [0.717, 1.165) is 61.2 Å². The van der Waals surface area contributed by atoms with Gasteiger partial charge in [0.2, 0.25) is 0 Å². The molecule has 0 aromatic heterocycles. The summed E-state index contributed by atoms with van der Waals surface area (Å²) < 4.78 is 5.89. The first-order valence-electron chi connectivity index (χ1n) is 11.6. The first kappa shape index (κ1) is 18.7. The van der Waals surface area contributed by atoms with Crippen LogP contribution in [0.15, 0.2) is 30.3 Å². The van der Waals surface area contributed by atoms with Crippen LogP contribution in [0.5, 0.6) is 0 Å². The summed E-state index contributed by atoms with van der Waals surface area (Å²) >= 11 is 0. The molecule has 5 rings (SSSR count). The summed E-state index contributed by atoms with van der Waals surface area (Å²) in [6.45, 7) is 0. The fraction of sp³-hybridized carbons (Fsp3) is 0.720. The van der Waals surface area contributed by atoms with Crippen molar-refractivity contribution in [3.63, 3.8) is 0 Å². The molecule has 3 heteroatoms. The van der Waals surface area contributed by atoms with Crippen molar-refractivity contribution in [3.8, 4) is 0 Å². The maximum atomic E-state index is 12.4. The van der Waals surface area contributed by atoms with Crippen molar-refractivity contribution in [1.82, 2.24) is 0 Å². The Morgan fingerprint density at radius 3 is 2.07 bits per heavy atom. The zero-order valence-electron chi connectivity index (χ0n) is 16.8. The van der Waals surface area contributed by atoms with Gasteiger partial charge in [-0.25, -0.2) is 4.79 Å². The largest absolute Gasteiger partial charge is 0.459 e. The Hall–Kier alpha value is -1.35. The lowest BCUT2D eigenvalue weighted by atomic mass is 9.51. The molecule has 0 bridgehead atoms. The Morgan fingerprint density at radius 1 is 0.750 bits per heavy atom. The number of carbonyl (C=O) groups excluding carboxylic acids is 1. The number of hydrogen-bond donors (Lipinski definition) is 1. The molecule has 0 unspecified atom stereocenters. The molecule has 4 saturated carbocycles. The van der Waals surface area contributed by atoms with Crippen LogP contribution in [0.4, 0.5) is 0 Å². The molecular weight excluding hydrogens is 348 g/mol. The third kappa shape index (κ3) is 3.51. The van der Waals surface area contributed by atoms with Crippen LogP contribution >= 0.6 is 0 Å². The van der Waals surface area contributed by atoms with E-state index in [9.17, 15) is 9.90 Å². The summed E-state index contributed by atoms with van der Waals surface area (Å²) in [5, 5.41) is 10.1. The quantitative estimate of drug-likeness (QED) is 0.713. The smallest absolute Gasteiger partial charge is 0.338 e. The summed E-state index contributed by atoms with van der Waals surface area (Å²) in [5.74, 6) is 4.88. The van der Waals surface area contributed by atoms with Gasteiger partial charge in [-0.3, -0.25) is 0 Å². The van der Waals surface area contributed by atoms with E-state index in [1.807, 2.05) is 30.3 Å². The molecule has 152 valence electrons. The molecule has 4 aliphatic rings. The molecule has 0 heterocycles. The average Bonchev–Trinajstić information content (AvgIpc) is 2.73. The molecule has 3 nitrogen and oxygen atoms in total. The number of carbonyl (C=O) groups is 1. The average molecular weight is 383 g/mol. The second-order valence-corrected chi connectivity index (χ2v) is 10.0. The van der Waals surface area contributed by atoms with Gasteiger partial charge in [-0.1, -0.05) is 18.2 Å². The van der Waals surface area contributed by atoms with Crippen molar-refractivity contribution in [2.45, 2.75) is 76.4 Å². The van der Waals surface area contributed by atoms with Crippen LogP contribution in [0, 0.1) is 35.5 Å². The Morgan fingerprint density at radius 2 is 1.36 bits per heavy atom. The predicted molar refractivity (Wildman–Crippen MR) is 109 cm³/mol. The van der Waals surface area contributed by atoms with E-state index < -0.39 is 0 Å². The van der Waals surface area contributed by atoms with Gasteiger partial charge in [0.25, 0.3) is 0 Å². The highest BCUT2D eigenvalue weighted by atomic mass is 16.5. The zero-order chi connectivity index (χ0) is 19.1. The summed E-state index contributed by atoms with van der Waals surface area (Å²) in [5.41, 5.74) is 0.672. The summed E-state index contributed by atoms with van der Waals surface area (Å²) in [7, 11) is 0. The summed E-state index contributed by atoms with van der Waals surface area (Å²) in [6, 6.07) is 9.42. The minimum Gasteiger partial charge on any atom is -0.459 e. The molecular formula is C25H34O3. The van der Waals surface area contributed by atoms with Crippen LogP contribution in [0.3, 0.4) is 0 Å². The Kier molecular flexibility index (Phi) is 5.21. The molecule has 4 fully saturated rings. The molecule has 1 aromatic carbocycles. The number of esters is 1. The number of aliphatic hydroxyl groups is 1. The van der Waals surface area contributed by atoms with E-state index in [0.29, 0.717) is 5.56 Å². The van der Waals surface area contributed by atoms with Crippen LogP contribution < -0.4 is 0 Å². The highest BCUT2D eigenvalue weighted by molar-refractivity contribution is 5.89. The number of aliphatic hydroxyl groups excluding tert-OH is 1. The fourth-order valence-electron chi connectivity index (χ4n) is 7.50. The van der Waals surface area contributed by atoms with E-state index in [-0.39, 0.29) is 18.2 Å². The van der Waals surface area contributed by atoms with E-state index in [1.165, 1.54) is 38.5 Å². The SMILES string of the molecule is O=C(O[C@H]1CC[C@@H]2[C@H](CC[C@H]3[C@H]2CC[C@@H]2C[C@H](O)CC[C@@H]23)C1)c1ccccc1. The molecule has 0 radical (unpaired) electrons. The maximum absolute atomic E-state index is 12.4. The van der Waals surface area contributed by atoms with Gasteiger partial charge >= 0.3 is 5.97 Å². The van der Waals surface area contributed by atoms with Crippen LogP contribution in [-0.2, 0) is 4.74 Å². The molecule has 0 aliphatic heterocycles. The van der Waals surface area contributed by atoms with Crippen molar-refractivity contribution in [2.75, 3.05) is 0 Å². The second-order valence-electron chi connectivity index (χ2n) is 10.0. The third-order valence-electron chi connectivity index (χ3n) is 8.68. The Balaban J connectivity index is 1.21. The molecule has 1 aromatic rings. The molecule has 8 atom stereocenters. The number of ether oxygens (including phenoxy) is 1. The molecule has 1 N–H and O–H groups in total. The summed E-state index contributed by atoms with van der Waals surface area (Å²) in [6.07, 6.45) is 12.1. The normalized spacial score (nSPS) is 42.6. The van der Waals surface area contributed by atoms with Gasteiger partial charge in [-0.05, 0) is 112 Å². The first-order chi connectivity index (χ1) is 13.7. The van der Waals surface area contributed by atoms with Gasteiger partial charge in [0.1, 0.15) is 6.10 Å². The number of hydrogen-bond acceptors (Lipinski definition) is 3. The number of benzene rings is 1. The highest BCUT2D eigenvalue weighted by Crippen LogP contribution is 2.57. The number of fused-ring (bicyclic) bond motifs is 5. The van der Waals surface area contributed by atoms with Crippen molar-refractivity contribution >= 4 is 5.97 Å². The molecule has 28 heavy (non-hydrogen) atoms. The minimum absolute atomic E-state index is 0.0381. The van der Waals surface area contributed by atoms with Gasteiger partial charge in [-0.15, -0.1) is 0 Å². The van der Waals surface area contributed by atoms with Gasteiger partial charge < -0.3 is 9.84 Å². The van der Waals surface area contributed by atoms with Gasteiger partial charge in [0, 0.05) is 0 Å². The van der Waals surface area contributed by atoms with Crippen LogP contribution in [-0.4, -0.2) is 23.3 Å². The molecule has 4 aliphatic carbocycles. The van der Waals surface area contributed by atoms with Crippen molar-refractivity contribution in [2.24, 2.45) is 35.5 Å². The van der Waals surface area contributed by atoms with Crippen molar-refractivity contribution in [3.05, 3.63) is 35.9 Å². The van der Waals surface area contributed by atoms with Crippen molar-refractivity contribution < 1.29 is 14.6 Å². The third-order valence-corrected chi connectivity index (χ3v) is 8.68. The maximum Gasteiger partial charge on any atom is 0.338 e. The van der Waals surface area contributed by atoms with E-state index in [4.69, 9.17) is 4.74 Å². The number of rotatable bonds is 2. The van der Waals surface area contributed by atoms with Crippen LogP contribution in [0.2, 0.25) is 0 Å². The van der Waals surface area contributed by atoms with E-state index >= 15 is 0 Å². The molecule has 0 saturated heterocycles. The van der Waals surface area contributed by atoms with E-state index in [2.05, 4.69) is 0 Å². The monoisotopic (exact) mass is 382 g/mol. The minimum atomic E-state index is -0.154. The van der Waals surface area contributed by atoms with Crippen molar-refractivity contribution in [1.29, 1.82) is 0 Å². The molecule has 0 spiro atoms. The van der Waals surface area contributed by atoms with E-state index in [1.54, 1.807) is 0 Å². The van der Waals surface area contributed by atoms with Gasteiger partial charge in [-0.2, -0.15) is 0 Å². The lowest BCUT2D eigenvalue weighted by Gasteiger charge is -2.55. The molecule has 0 amide bonds. The van der Waals surface area contributed by atoms with Gasteiger partial charge in [0.15, 0.2) is 0 Å². The summed E-state index contributed by atoms with van der Waals surface area (Å²) in [4.78, 5) is 12.4. The highest BCUT2D eigenvalue weighted by Gasteiger charge is 2.49. The fourth-order valence-corrected chi connectivity index (χ4v) is 7.50. The zero-order valence-corrected chi connectivity index (χ0v) is 16.8. The first-order valence-corrected chi connectivity index (χ1v) is 11.6. The standard InChI is InChI=1S/C25H34O3/c26-19-8-12-21-17(14-19)6-10-24-22-13-9-20(15-18(22)7-11-23(21)24)28-25(27)16-4-2-1-3-5-16/h1-5,17-24,26H,6-15H2/t17-,18-,19-,20+,21+,22-,23-,24+/m1/s1. The lowest BCUT2D eigenvalue weighted by molar-refractivity contribution is -0.0781. The Bertz CT molecular complexity index is 686. The second kappa shape index (κ2) is 7.82. The predicted octanol–water partition coefficient (Wildman–Crippen LogP) is 5.23. The lowest BCUT2D eigenvalue weighted by Crippen LogP contribution is -2.48. The topological polar surface area (TPSA) is 46.5 Å². The Labute approximate surface area is 168 Å². The van der Waals surface area contributed by atoms with Gasteiger partial charge in [0.05, 0.1) is 11.7 Å². The van der Waals surface area contributed by atoms with Crippen LogP contribution in [0.1, 0.15) is 74.6 Å².